The Labute approximate surface area is 184 Å². The van der Waals surface area contributed by atoms with Crippen molar-refractivity contribution in [1.82, 2.24) is 0 Å². The maximum Gasteiger partial charge on any atom is 0.124 e. The Bertz CT molecular complexity index is 925. The zero-order valence-electron chi connectivity index (χ0n) is 15.9. The Morgan fingerprint density at radius 2 is 1.83 bits per heavy atom. The molecule has 150 valence electrons. The number of hydrogen-bond acceptors (Lipinski definition) is 3. The van der Waals surface area contributed by atoms with Gasteiger partial charge in [0.2, 0.25) is 0 Å². The Morgan fingerprint density at radius 3 is 2.55 bits per heavy atom. The van der Waals surface area contributed by atoms with Crippen LogP contribution in [-0.2, 0) is 16.1 Å². The molecule has 1 heterocycles. The standard InChI is InChI=1S/C24H22BrClO3/c25-19-8-11-23(26)22(14-19)24(28-15-17-4-2-1-3-5-17)18-6-9-20(10-7-18)29-21-12-13-27-16-21/h1-11,14,21,24H,12-13,15-16H2/t21-,24?/m0/s1. The van der Waals surface area contributed by atoms with Crippen molar-refractivity contribution in [3.63, 3.8) is 0 Å². The Kier molecular flexibility index (Phi) is 6.88. The van der Waals surface area contributed by atoms with Gasteiger partial charge in [-0.05, 0) is 41.5 Å². The minimum Gasteiger partial charge on any atom is -0.488 e. The molecule has 3 nitrogen and oxygen atoms in total. The van der Waals surface area contributed by atoms with Gasteiger partial charge in [-0.1, -0.05) is 70.0 Å². The second-order valence-corrected chi connectivity index (χ2v) is 8.34. The molecule has 1 saturated heterocycles. The molecule has 2 atom stereocenters. The highest BCUT2D eigenvalue weighted by Gasteiger charge is 2.20. The number of ether oxygens (including phenoxy) is 3. The number of rotatable bonds is 7. The molecular formula is C24H22BrClO3. The molecule has 0 amide bonds. The lowest BCUT2D eigenvalue weighted by molar-refractivity contribution is 0.0667. The molecule has 5 heteroatoms. The Hall–Kier alpha value is -1.85. The number of hydrogen-bond donors (Lipinski definition) is 0. The van der Waals surface area contributed by atoms with E-state index in [0.717, 1.165) is 39.9 Å². The summed E-state index contributed by atoms with van der Waals surface area (Å²) >= 11 is 10.1. The summed E-state index contributed by atoms with van der Waals surface area (Å²) < 4.78 is 18.7. The van der Waals surface area contributed by atoms with E-state index in [1.54, 1.807) is 0 Å². The van der Waals surface area contributed by atoms with E-state index in [0.29, 0.717) is 18.2 Å². The van der Waals surface area contributed by atoms with Crippen LogP contribution in [0.2, 0.25) is 5.02 Å². The summed E-state index contributed by atoms with van der Waals surface area (Å²) in [5.74, 6) is 0.839. The van der Waals surface area contributed by atoms with E-state index >= 15 is 0 Å². The quantitative estimate of drug-likeness (QED) is 0.388. The second-order valence-electron chi connectivity index (χ2n) is 7.01. The highest BCUT2D eigenvalue weighted by molar-refractivity contribution is 9.10. The van der Waals surface area contributed by atoms with Crippen LogP contribution in [0.25, 0.3) is 0 Å². The molecule has 1 aliphatic heterocycles. The van der Waals surface area contributed by atoms with Crippen molar-refractivity contribution < 1.29 is 14.2 Å². The molecule has 0 radical (unpaired) electrons. The summed E-state index contributed by atoms with van der Waals surface area (Å²) in [6.45, 7) is 1.91. The maximum atomic E-state index is 6.53. The molecule has 4 rings (SSSR count). The highest BCUT2D eigenvalue weighted by atomic mass is 79.9. The number of benzene rings is 3. The van der Waals surface area contributed by atoms with Crippen LogP contribution in [0.1, 0.15) is 29.2 Å². The molecule has 0 bridgehead atoms. The van der Waals surface area contributed by atoms with Crippen LogP contribution in [0.4, 0.5) is 0 Å². The molecule has 3 aromatic rings. The monoisotopic (exact) mass is 472 g/mol. The van der Waals surface area contributed by atoms with Crippen molar-refractivity contribution in [3.8, 4) is 5.75 Å². The van der Waals surface area contributed by atoms with Gasteiger partial charge in [0.25, 0.3) is 0 Å². The zero-order chi connectivity index (χ0) is 20.1. The minimum atomic E-state index is -0.288. The van der Waals surface area contributed by atoms with Crippen LogP contribution in [-0.4, -0.2) is 19.3 Å². The first-order valence-corrected chi connectivity index (χ1v) is 10.8. The molecule has 1 aliphatic rings. The second kappa shape index (κ2) is 9.77. The third kappa shape index (κ3) is 5.40. The molecular weight excluding hydrogens is 452 g/mol. The highest BCUT2D eigenvalue weighted by Crippen LogP contribution is 2.35. The van der Waals surface area contributed by atoms with Gasteiger partial charge in [0.05, 0.1) is 19.8 Å². The van der Waals surface area contributed by atoms with Crippen molar-refractivity contribution in [2.45, 2.75) is 25.2 Å². The van der Waals surface area contributed by atoms with Crippen LogP contribution < -0.4 is 4.74 Å². The van der Waals surface area contributed by atoms with E-state index in [4.69, 9.17) is 25.8 Å². The van der Waals surface area contributed by atoms with Gasteiger partial charge in [-0.2, -0.15) is 0 Å². The third-order valence-corrected chi connectivity index (χ3v) is 5.71. The predicted molar refractivity (Wildman–Crippen MR) is 119 cm³/mol. The fraction of sp³-hybridized carbons (Fsp3) is 0.250. The van der Waals surface area contributed by atoms with Crippen LogP contribution in [0.3, 0.4) is 0 Å². The molecule has 29 heavy (non-hydrogen) atoms. The lowest BCUT2D eigenvalue weighted by Crippen LogP contribution is -2.15. The van der Waals surface area contributed by atoms with Gasteiger partial charge < -0.3 is 14.2 Å². The van der Waals surface area contributed by atoms with E-state index in [1.165, 1.54) is 0 Å². The van der Waals surface area contributed by atoms with Crippen LogP contribution in [0.15, 0.2) is 77.3 Å². The van der Waals surface area contributed by atoms with Gasteiger partial charge >= 0.3 is 0 Å². The molecule has 0 aromatic heterocycles. The minimum absolute atomic E-state index is 0.130. The average Bonchev–Trinajstić information content (AvgIpc) is 3.25. The van der Waals surface area contributed by atoms with Crippen molar-refractivity contribution in [2.75, 3.05) is 13.2 Å². The first kappa shape index (κ1) is 20.4. The van der Waals surface area contributed by atoms with Crippen molar-refractivity contribution in [2.24, 2.45) is 0 Å². The number of halogens is 2. The molecule has 1 fully saturated rings. The summed E-state index contributed by atoms with van der Waals surface area (Å²) in [6, 6.07) is 24.0. The van der Waals surface area contributed by atoms with Gasteiger partial charge in [0.1, 0.15) is 18.0 Å². The van der Waals surface area contributed by atoms with E-state index in [2.05, 4.69) is 28.1 Å². The summed E-state index contributed by atoms with van der Waals surface area (Å²) in [6.07, 6.45) is 0.771. The first-order valence-electron chi connectivity index (χ1n) is 9.64. The van der Waals surface area contributed by atoms with E-state index < -0.39 is 0 Å². The maximum absolute atomic E-state index is 6.53. The van der Waals surface area contributed by atoms with Gasteiger partial charge in [0, 0.05) is 21.5 Å². The van der Waals surface area contributed by atoms with Gasteiger partial charge in [-0.15, -0.1) is 0 Å². The molecule has 0 N–H and O–H groups in total. The zero-order valence-corrected chi connectivity index (χ0v) is 18.2. The average molecular weight is 474 g/mol. The fourth-order valence-corrected chi connectivity index (χ4v) is 3.95. The topological polar surface area (TPSA) is 27.7 Å². The molecule has 3 aromatic carbocycles. The summed E-state index contributed by atoms with van der Waals surface area (Å²) in [4.78, 5) is 0. The fourth-order valence-electron chi connectivity index (χ4n) is 3.35. The SMILES string of the molecule is Clc1ccc(Br)cc1C(OCc1ccccc1)c1ccc(O[C@H]2CCOC2)cc1. The van der Waals surface area contributed by atoms with Crippen molar-refractivity contribution in [1.29, 1.82) is 0 Å². The molecule has 0 spiro atoms. The largest absolute Gasteiger partial charge is 0.488 e. The van der Waals surface area contributed by atoms with Crippen molar-refractivity contribution >= 4 is 27.5 Å². The van der Waals surface area contributed by atoms with Gasteiger partial charge in [-0.25, -0.2) is 0 Å². The van der Waals surface area contributed by atoms with E-state index in [1.807, 2.05) is 60.7 Å². The Balaban J connectivity index is 1.57. The third-order valence-electron chi connectivity index (χ3n) is 4.87. The van der Waals surface area contributed by atoms with Crippen LogP contribution in [0.5, 0.6) is 5.75 Å². The van der Waals surface area contributed by atoms with Crippen molar-refractivity contribution in [3.05, 3.63) is 99.0 Å². The van der Waals surface area contributed by atoms with Crippen LogP contribution >= 0.6 is 27.5 Å². The normalized spacial score (nSPS) is 17.2. The predicted octanol–water partition coefficient (Wildman–Crippen LogP) is 6.58. The Morgan fingerprint density at radius 1 is 1.03 bits per heavy atom. The first-order chi connectivity index (χ1) is 14.2. The summed E-state index contributed by atoms with van der Waals surface area (Å²) in [7, 11) is 0. The van der Waals surface area contributed by atoms with Crippen LogP contribution in [0, 0.1) is 0 Å². The van der Waals surface area contributed by atoms with Gasteiger partial charge in [-0.3, -0.25) is 0 Å². The summed E-state index contributed by atoms with van der Waals surface area (Å²) in [5, 5.41) is 0.676. The summed E-state index contributed by atoms with van der Waals surface area (Å²) in [5.41, 5.74) is 3.07. The lowest BCUT2D eigenvalue weighted by atomic mass is 10.0. The molecule has 1 unspecified atom stereocenters. The van der Waals surface area contributed by atoms with E-state index in [9.17, 15) is 0 Å². The van der Waals surface area contributed by atoms with E-state index in [-0.39, 0.29) is 12.2 Å². The lowest BCUT2D eigenvalue weighted by Gasteiger charge is -2.21. The molecule has 0 aliphatic carbocycles. The smallest absolute Gasteiger partial charge is 0.124 e. The van der Waals surface area contributed by atoms with Gasteiger partial charge in [0.15, 0.2) is 0 Å². The molecule has 0 saturated carbocycles.